The van der Waals surface area contributed by atoms with E-state index in [1.807, 2.05) is 0 Å². The summed E-state index contributed by atoms with van der Waals surface area (Å²) in [6, 6.07) is 0. The van der Waals surface area contributed by atoms with Gasteiger partial charge >= 0.3 is 0 Å². The molecule has 3 atom stereocenters. The minimum absolute atomic E-state index is 0.253. The van der Waals surface area contributed by atoms with Gasteiger partial charge in [-0.2, -0.15) is 4.98 Å². The third-order valence-corrected chi connectivity index (χ3v) is 3.53. The predicted octanol–water partition coefficient (Wildman–Crippen LogP) is 2.26. The van der Waals surface area contributed by atoms with Crippen molar-refractivity contribution in [1.29, 1.82) is 0 Å². The Kier molecular flexibility index (Phi) is 3.27. The van der Waals surface area contributed by atoms with E-state index in [2.05, 4.69) is 23.8 Å². The number of aromatic nitrogens is 2. The molecule has 0 amide bonds. The molecule has 4 nitrogen and oxygen atoms in total. The summed E-state index contributed by atoms with van der Waals surface area (Å²) < 4.78 is 5.83. The van der Waals surface area contributed by atoms with Gasteiger partial charge in [0.15, 0.2) is 0 Å². The van der Waals surface area contributed by atoms with E-state index in [1.54, 1.807) is 6.20 Å². The number of nitrogens with two attached hydrogens (primary N) is 1. The first-order chi connectivity index (χ1) is 7.66. The monoisotopic (exact) mass is 221 g/mol. The van der Waals surface area contributed by atoms with Gasteiger partial charge in [-0.05, 0) is 31.1 Å². The summed E-state index contributed by atoms with van der Waals surface area (Å²) in [5, 5.41) is 0. The van der Waals surface area contributed by atoms with E-state index in [1.165, 1.54) is 12.7 Å². The minimum atomic E-state index is 0.253. The van der Waals surface area contributed by atoms with Crippen molar-refractivity contribution < 1.29 is 4.74 Å². The highest BCUT2D eigenvalue weighted by molar-refractivity contribution is 5.44. The van der Waals surface area contributed by atoms with E-state index in [0.29, 0.717) is 17.5 Å². The molecule has 0 saturated heterocycles. The van der Waals surface area contributed by atoms with Crippen molar-refractivity contribution in [2.24, 2.45) is 11.8 Å². The number of rotatable bonds is 2. The van der Waals surface area contributed by atoms with Gasteiger partial charge in [0.2, 0.25) is 5.88 Å². The summed E-state index contributed by atoms with van der Waals surface area (Å²) in [6.07, 6.45) is 6.71. The second-order valence-corrected chi connectivity index (χ2v) is 4.79. The van der Waals surface area contributed by atoms with Crippen molar-refractivity contribution in [3.63, 3.8) is 0 Å². The van der Waals surface area contributed by atoms with E-state index in [9.17, 15) is 0 Å². The van der Waals surface area contributed by atoms with Gasteiger partial charge < -0.3 is 10.5 Å². The lowest BCUT2D eigenvalue weighted by Gasteiger charge is -2.32. The summed E-state index contributed by atoms with van der Waals surface area (Å²) in [6.45, 7) is 4.59. The zero-order chi connectivity index (χ0) is 11.5. The van der Waals surface area contributed by atoms with Gasteiger partial charge in [-0.3, -0.25) is 0 Å². The second-order valence-electron chi connectivity index (χ2n) is 4.79. The van der Waals surface area contributed by atoms with Gasteiger partial charge in [0.25, 0.3) is 0 Å². The molecule has 0 aromatic carbocycles. The Labute approximate surface area is 96.2 Å². The molecule has 4 heteroatoms. The molecule has 1 aliphatic rings. The quantitative estimate of drug-likeness (QED) is 0.832. The fraction of sp³-hybridized carbons (Fsp3) is 0.667. The van der Waals surface area contributed by atoms with Crippen molar-refractivity contribution in [2.75, 3.05) is 5.73 Å². The normalized spacial score (nSPS) is 30.0. The molecule has 3 unspecified atom stereocenters. The van der Waals surface area contributed by atoms with Crippen LogP contribution in [0.3, 0.4) is 0 Å². The van der Waals surface area contributed by atoms with Crippen LogP contribution in [0.5, 0.6) is 5.88 Å². The van der Waals surface area contributed by atoms with Gasteiger partial charge in [0, 0.05) is 0 Å². The molecular weight excluding hydrogens is 202 g/mol. The Morgan fingerprint density at radius 1 is 1.31 bits per heavy atom. The fourth-order valence-electron chi connectivity index (χ4n) is 2.19. The van der Waals surface area contributed by atoms with Gasteiger partial charge in [-0.1, -0.05) is 13.8 Å². The topological polar surface area (TPSA) is 61.0 Å². The van der Waals surface area contributed by atoms with Gasteiger partial charge in [0.05, 0.1) is 6.20 Å². The number of hydrogen-bond donors (Lipinski definition) is 1. The molecule has 0 spiro atoms. The Bertz CT molecular complexity index is 356. The maximum Gasteiger partial charge on any atom is 0.240 e. The van der Waals surface area contributed by atoms with Crippen LogP contribution in [0, 0.1) is 11.8 Å². The Morgan fingerprint density at radius 3 is 2.81 bits per heavy atom. The minimum Gasteiger partial charge on any atom is -0.473 e. The van der Waals surface area contributed by atoms with Crippen molar-refractivity contribution in [1.82, 2.24) is 9.97 Å². The van der Waals surface area contributed by atoms with Crippen LogP contribution < -0.4 is 10.5 Å². The van der Waals surface area contributed by atoms with E-state index in [0.717, 1.165) is 18.8 Å². The maximum absolute atomic E-state index is 5.83. The van der Waals surface area contributed by atoms with Crippen LogP contribution in [-0.2, 0) is 0 Å². The Balaban J connectivity index is 1.98. The molecular formula is C12H19N3O. The third kappa shape index (κ3) is 2.43. The Hall–Kier alpha value is -1.32. The fourth-order valence-corrected chi connectivity index (χ4v) is 2.19. The standard InChI is InChI=1S/C12H19N3O/c1-8-3-4-10(5-9(8)2)16-12-11(13)6-14-7-15-12/h6-10H,3-5,13H2,1-2H3. The molecule has 1 aromatic heterocycles. The first-order valence-electron chi connectivity index (χ1n) is 5.89. The number of nitrogens with zero attached hydrogens (tertiary/aromatic N) is 2. The maximum atomic E-state index is 5.83. The summed E-state index contributed by atoms with van der Waals surface area (Å²) >= 11 is 0. The van der Waals surface area contributed by atoms with Crippen LogP contribution in [0.25, 0.3) is 0 Å². The van der Waals surface area contributed by atoms with E-state index < -0.39 is 0 Å². The summed E-state index contributed by atoms with van der Waals surface area (Å²) in [5.41, 5.74) is 6.27. The molecule has 1 heterocycles. The molecule has 2 rings (SSSR count). The molecule has 1 aliphatic carbocycles. The van der Waals surface area contributed by atoms with Crippen molar-refractivity contribution >= 4 is 5.69 Å². The Morgan fingerprint density at radius 2 is 2.12 bits per heavy atom. The van der Waals surface area contributed by atoms with Crippen LogP contribution in [-0.4, -0.2) is 16.1 Å². The third-order valence-electron chi connectivity index (χ3n) is 3.53. The van der Waals surface area contributed by atoms with E-state index >= 15 is 0 Å². The summed E-state index contributed by atoms with van der Waals surface area (Å²) in [7, 11) is 0. The highest BCUT2D eigenvalue weighted by atomic mass is 16.5. The van der Waals surface area contributed by atoms with Crippen molar-refractivity contribution in [2.45, 2.75) is 39.2 Å². The van der Waals surface area contributed by atoms with Crippen LogP contribution in [0.15, 0.2) is 12.5 Å². The largest absolute Gasteiger partial charge is 0.473 e. The molecule has 88 valence electrons. The number of ether oxygens (including phenoxy) is 1. The summed E-state index contributed by atoms with van der Waals surface area (Å²) in [5.74, 6) is 2.03. The SMILES string of the molecule is CC1CCC(Oc2ncncc2N)CC1C. The molecule has 1 fully saturated rings. The van der Waals surface area contributed by atoms with Gasteiger partial charge in [0.1, 0.15) is 18.1 Å². The molecule has 2 N–H and O–H groups in total. The molecule has 1 aromatic rings. The highest BCUT2D eigenvalue weighted by Gasteiger charge is 2.26. The second kappa shape index (κ2) is 4.68. The first kappa shape index (κ1) is 11.2. The lowest BCUT2D eigenvalue weighted by molar-refractivity contribution is 0.0970. The van der Waals surface area contributed by atoms with Crippen molar-refractivity contribution in [3.8, 4) is 5.88 Å². The van der Waals surface area contributed by atoms with E-state index in [4.69, 9.17) is 10.5 Å². The molecule has 0 radical (unpaired) electrons. The van der Waals surface area contributed by atoms with Crippen LogP contribution in [0.4, 0.5) is 5.69 Å². The zero-order valence-electron chi connectivity index (χ0n) is 9.89. The smallest absolute Gasteiger partial charge is 0.240 e. The molecule has 1 saturated carbocycles. The summed E-state index contributed by atoms with van der Waals surface area (Å²) in [4.78, 5) is 7.91. The molecule has 0 aliphatic heterocycles. The van der Waals surface area contributed by atoms with Crippen LogP contribution in [0.2, 0.25) is 0 Å². The molecule has 16 heavy (non-hydrogen) atoms. The van der Waals surface area contributed by atoms with E-state index in [-0.39, 0.29) is 6.10 Å². The average Bonchev–Trinajstić information content (AvgIpc) is 2.27. The molecule has 0 bridgehead atoms. The first-order valence-corrected chi connectivity index (χ1v) is 5.89. The van der Waals surface area contributed by atoms with Gasteiger partial charge in [-0.15, -0.1) is 0 Å². The average molecular weight is 221 g/mol. The van der Waals surface area contributed by atoms with Crippen LogP contribution >= 0.6 is 0 Å². The van der Waals surface area contributed by atoms with Crippen molar-refractivity contribution in [3.05, 3.63) is 12.5 Å². The highest BCUT2D eigenvalue weighted by Crippen LogP contribution is 2.32. The number of hydrogen-bond acceptors (Lipinski definition) is 4. The van der Waals surface area contributed by atoms with Gasteiger partial charge in [-0.25, -0.2) is 4.98 Å². The predicted molar refractivity (Wildman–Crippen MR) is 63.0 cm³/mol. The van der Waals surface area contributed by atoms with Crippen LogP contribution in [0.1, 0.15) is 33.1 Å². The number of anilines is 1. The zero-order valence-corrected chi connectivity index (χ0v) is 9.89. The lowest BCUT2D eigenvalue weighted by atomic mass is 9.80. The number of nitrogen functional groups attached to an aromatic ring is 1. The lowest BCUT2D eigenvalue weighted by Crippen LogP contribution is -2.29.